The van der Waals surface area contributed by atoms with Gasteiger partial charge in [-0.25, -0.2) is 4.79 Å². The molecular formula is C14H21N3O2. The third-order valence-electron chi connectivity index (χ3n) is 3.43. The molecule has 0 amide bonds. The summed E-state index contributed by atoms with van der Waals surface area (Å²) >= 11 is 0. The van der Waals surface area contributed by atoms with Crippen molar-refractivity contribution in [2.24, 2.45) is 5.92 Å². The number of H-pyrrole nitrogens is 2. The highest BCUT2D eigenvalue weighted by Crippen LogP contribution is 2.17. The topological polar surface area (TPSA) is 80.9 Å². The third kappa shape index (κ3) is 3.45. The molecule has 104 valence electrons. The summed E-state index contributed by atoms with van der Waals surface area (Å²) in [6.45, 7) is 5.30. The van der Waals surface area contributed by atoms with Gasteiger partial charge in [-0.3, -0.25) is 0 Å². The van der Waals surface area contributed by atoms with Gasteiger partial charge < -0.3 is 20.4 Å². The van der Waals surface area contributed by atoms with Gasteiger partial charge in [0, 0.05) is 12.6 Å². The largest absolute Gasteiger partial charge is 0.396 e. The molecule has 19 heavy (non-hydrogen) atoms. The third-order valence-corrected chi connectivity index (χ3v) is 3.43. The number of hydrogen-bond donors (Lipinski definition) is 4. The van der Waals surface area contributed by atoms with Crippen molar-refractivity contribution in [1.29, 1.82) is 0 Å². The van der Waals surface area contributed by atoms with E-state index in [0.717, 1.165) is 29.6 Å². The Hall–Kier alpha value is -1.59. The van der Waals surface area contributed by atoms with E-state index < -0.39 is 0 Å². The molecule has 0 aliphatic carbocycles. The van der Waals surface area contributed by atoms with Crippen LogP contribution in [0.3, 0.4) is 0 Å². The van der Waals surface area contributed by atoms with Gasteiger partial charge in [-0.1, -0.05) is 13.0 Å². The number of rotatable bonds is 6. The van der Waals surface area contributed by atoms with E-state index in [1.165, 1.54) is 0 Å². The van der Waals surface area contributed by atoms with Gasteiger partial charge in [0.2, 0.25) is 0 Å². The Morgan fingerprint density at radius 3 is 2.74 bits per heavy atom. The molecule has 0 spiro atoms. The highest BCUT2D eigenvalue weighted by atomic mass is 16.3. The standard InChI is InChI=1S/C14H21N3O2/c1-9(5-6-18)8-15-10(2)11-3-4-12-13(7-11)17-14(19)16-12/h3-4,7,9-10,15,18H,5-6,8H2,1-2H3,(H2,16,17,19). The van der Waals surface area contributed by atoms with Gasteiger partial charge in [0.1, 0.15) is 0 Å². The minimum atomic E-state index is -0.177. The first-order valence-electron chi connectivity index (χ1n) is 6.66. The summed E-state index contributed by atoms with van der Waals surface area (Å²) < 4.78 is 0. The number of aromatic amines is 2. The van der Waals surface area contributed by atoms with Crippen molar-refractivity contribution < 1.29 is 5.11 Å². The first kappa shape index (κ1) is 13.8. The van der Waals surface area contributed by atoms with Crippen LogP contribution in [0, 0.1) is 5.92 Å². The molecule has 0 saturated heterocycles. The van der Waals surface area contributed by atoms with Crippen molar-refractivity contribution >= 4 is 11.0 Å². The molecule has 2 aromatic rings. The minimum Gasteiger partial charge on any atom is -0.396 e. The normalized spacial score (nSPS) is 14.7. The Morgan fingerprint density at radius 1 is 1.26 bits per heavy atom. The molecule has 0 radical (unpaired) electrons. The summed E-state index contributed by atoms with van der Waals surface area (Å²) in [5.74, 6) is 0.447. The lowest BCUT2D eigenvalue weighted by atomic mass is 10.1. The van der Waals surface area contributed by atoms with E-state index in [0.29, 0.717) is 5.92 Å². The molecule has 2 rings (SSSR count). The lowest BCUT2D eigenvalue weighted by Crippen LogP contribution is -2.25. The second-order valence-corrected chi connectivity index (χ2v) is 5.13. The Balaban J connectivity index is 2.04. The molecule has 2 unspecified atom stereocenters. The summed E-state index contributed by atoms with van der Waals surface area (Å²) in [5, 5.41) is 12.3. The Bertz CT molecular complexity index is 588. The molecule has 4 N–H and O–H groups in total. The molecule has 0 aliphatic rings. The molecule has 1 aromatic carbocycles. The number of imidazole rings is 1. The second-order valence-electron chi connectivity index (χ2n) is 5.13. The minimum absolute atomic E-state index is 0.177. The molecule has 5 nitrogen and oxygen atoms in total. The van der Waals surface area contributed by atoms with Gasteiger partial charge in [0.05, 0.1) is 11.0 Å². The average molecular weight is 263 g/mol. The van der Waals surface area contributed by atoms with Gasteiger partial charge in [-0.2, -0.15) is 0 Å². The Kier molecular flexibility index (Phi) is 4.39. The van der Waals surface area contributed by atoms with Crippen LogP contribution < -0.4 is 11.0 Å². The van der Waals surface area contributed by atoms with Crippen molar-refractivity contribution in [2.75, 3.05) is 13.2 Å². The molecule has 0 saturated carbocycles. The molecule has 0 aliphatic heterocycles. The SMILES string of the molecule is CC(CCO)CNC(C)c1ccc2[nH]c(=O)[nH]c2c1. The number of aliphatic hydroxyl groups excluding tert-OH is 1. The van der Waals surface area contributed by atoms with Crippen molar-refractivity contribution in [2.45, 2.75) is 26.3 Å². The smallest absolute Gasteiger partial charge is 0.323 e. The Labute approximate surface area is 112 Å². The first-order valence-corrected chi connectivity index (χ1v) is 6.66. The zero-order chi connectivity index (χ0) is 13.8. The van der Waals surface area contributed by atoms with Crippen LogP contribution in [-0.4, -0.2) is 28.2 Å². The molecule has 0 bridgehead atoms. The van der Waals surface area contributed by atoms with E-state index in [-0.39, 0.29) is 18.3 Å². The summed E-state index contributed by atoms with van der Waals surface area (Å²) in [6, 6.07) is 6.13. The zero-order valence-corrected chi connectivity index (χ0v) is 11.4. The van der Waals surface area contributed by atoms with Gasteiger partial charge >= 0.3 is 5.69 Å². The number of fused-ring (bicyclic) bond motifs is 1. The lowest BCUT2D eigenvalue weighted by Gasteiger charge is -2.17. The lowest BCUT2D eigenvalue weighted by molar-refractivity contribution is 0.258. The Morgan fingerprint density at radius 2 is 2.00 bits per heavy atom. The maximum Gasteiger partial charge on any atom is 0.323 e. The zero-order valence-electron chi connectivity index (χ0n) is 11.4. The fraction of sp³-hybridized carbons (Fsp3) is 0.500. The predicted octanol–water partition coefficient (Wildman–Crippen LogP) is 1.53. The quantitative estimate of drug-likeness (QED) is 0.638. The fourth-order valence-electron chi connectivity index (χ4n) is 2.14. The van der Waals surface area contributed by atoms with Crippen LogP contribution in [0.1, 0.15) is 31.9 Å². The molecule has 1 heterocycles. The number of nitrogens with one attached hydrogen (secondary N) is 3. The summed E-state index contributed by atoms with van der Waals surface area (Å²) in [5.41, 5.74) is 2.62. The molecule has 5 heteroatoms. The number of hydrogen-bond acceptors (Lipinski definition) is 3. The van der Waals surface area contributed by atoms with E-state index >= 15 is 0 Å². The van der Waals surface area contributed by atoms with Crippen molar-refractivity contribution in [3.8, 4) is 0 Å². The number of aliphatic hydroxyl groups is 1. The van der Waals surface area contributed by atoms with Crippen LogP contribution in [0.15, 0.2) is 23.0 Å². The van der Waals surface area contributed by atoms with Crippen LogP contribution in [0.5, 0.6) is 0 Å². The van der Waals surface area contributed by atoms with Crippen molar-refractivity contribution in [3.63, 3.8) is 0 Å². The van der Waals surface area contributed by atoms with E-state index in [2.05, 4.69) is 29.1 Å². The fourth-order valence-corrected chi connectivity index (χ4v) is 2.14. The maximum absolute atomic E-state index is 11.2. The number of benzene rings is 1. The van der Waals surface area contributed by atoms with Crippen LogP contribution in [-0.2, 0) is 0 Å². The summed E-state index contributed by atoms with van der Waals surface area (Å²) in [4.78, 5) is 16.7. The summed E-state index contributed by atoms with van der Waals surface area (Å²) in [7, 11) is 0. The van der Waals surface area contributed by atoms with Crippen molar-refractivity contribution in [3.05, 3.63) is 34.2 Å². The van der Waals surface area contributed by atoms with Gasteiger partial charge in [0.25, 0.3) is 0 Å². The molecule has 1 aromatic heterocycles. The van der Waals surface area contributed by atoms with E-state index in [4.69, 9.17) is 5.11 Å². The van der Waals surface area contributed by atoms with E-state index in [1.807, 2.05) is 18.2 Å². The highest BCUT2D eigenvalue weighted by Gasteiger charge is 2.09. The van der Waals surface area contributed by atoms with E-state index in [9.17, 15) is 4.79 Å². The molecule has 0 fully saturated rings. The van der Waals surface area contributed by atoms with E-state index in [1.54, 1.807) is 0 Å². The van der Waals surface area contributed by atoms with Crippen molar-refractivity contribution in [1.82, 2.24) is 15.3 Å². The van der Waals surface area contributed by atoms with Crippen LogP contribution in [0.4, 0.5) is 0 Å². The van der Waals surface area contributed by atoms with Crippen LogP contribution in [0.25, 0.3) is 11.0 Å². The average Bonchev–Trinajstić information content (AvgIpc) is 2.75. The first-order chi connectivity index (χ1) is 9.10. The van der Waals surface area contributed by atoms with Crippen LogP contribution >= 0.6 is 0 Å². The molecular weight excluding hydrogens is 242 g/mol. The monoisotopic (exact) mass is 263 g/mol. The van der Waals surface area contributed by atoms with Crippen LogP contribution in [0.2, 0.25) is 0 Å². The second kappa shape index (κ2) is 6.04. The summed E-state index contributed by atoms with van der Waals surface area (Å²) in [6.07, 6.45) is 0.809. The van der Waals surface area contributed by atoms with Gasteiger partial charge in [0.15, 0.2) is 0 Å². The highest BCUT2D eigenvalue weighted by molar-refractivity contribution is 5.75. The van der Waals surface area contributed by atoms with Gasteiger partial charge in [-0.15, -0.1) is 0 Å². The van der Waals surface area contributed by atoms with Gasteiger partial charge in [-0.05, 0) is 43.5 Å². The predicted molar refractivity (Wildman–Crippen MR) is 76.2 cm³/mol. The number of aromatic nitrogens is 2. The maximum atomic E-state index is 11.2. The molecule has 2 atom stereocenters.